The molecule has 0 aromatic heterocycles. The summed E-state index contributed by atoms with van der Waals surface area (Å²) in [4.78, 5) is 0. The molecule has 0 spiro atoms. The fourth-order valence-corrected chi connectivity index (χ4v) is 68.0. The van der Waals surface area contributed by atoms with Crippen LogP contribution >= 0.6 is 0 Å². The SMILES string of the molecule is CO[Si](C)(C)[Si](F)([Si](C)(C)OC)[Si](C)(C)OC. The van der Waals surface area contributed by atoms with Crippen LogP contribution in [0.15, 0.2) is 0 Å². The van der Waals surface area contributed by atoms with Crippen LogP contribution in [0.5, 0.6) is 0 Å². The maximum absolute atomic E-state index is 16.1. The van der Waals surface area contributed by atoms with Crippen molar-refractivity contribution in [1.29, 1.82) is 0 Å². The van der Waals surface area contributed by atoms with E-state index in [-0.39, 0.29) is 0 Å². The molecule has 0 unspecified atom stereocenters. The molecule has 0 saturated heterocycles. The van der Waals surface area contributed by atoms with Gasteiger partial charge in [0.1, 0.15) is 0 Å². The zero-order chi connectivity index (χ0) is 14.1. The van der Waals surface area contributed by atoms with Gasteiger partial charge in [-0.15, -0.1) is 0 Å². The van der Waals surface area contributed by atoms with Crippen molar-refractivity contribution in [2.45, 2.75) is 39.3 Å². The quantitative estimate of drug-likeness (QED) is 0.557. The van der Waals surface area contributed by atoms with Crippen molar-refractivity contribution in [2.24, 2.45) is 0 Å². The average molecular weight is 315 g/mol. The van der Waals surface area contributed by atoms with E-state index >= 15 is 4.11 Å². The van der Waals surface area contributed by atoms with Gasteiger partial charge in [0.2, 0.25) is 23.5 Å². The molecule has 0 fully saturated rings. The predicted molar refractivity (Wildman–Crippen MR) is 80.3 cm³/mol. The highest BCUT2D eigenvalue weighted by molar-refractivity contribution is 7.85. The molecule has 8 heteroatoms. The van der Waals surface area contributed by atoms with Gasteiger partial charge < -0.3 is 17.4 Å². The van der Waals surface area contributed by atoms with Gasteiger partial charge in [0.25, 0.3) is 6.96 Å². The van der Waals surface area contributed by atoms with Gasteiger partial charge in [-0.25, -0.2) is 0 Å². The summed E-state index contributed by atoms with van der Waals surface area (Å²) in [5.41, 5.74) is 0. The fraction of sp³-hybridized carbons (Fsp3) is 1.00. The minimum atomic E-state index is -3.18. The highest BCUT2D eigenvalue weighted by atomic mass is 30.0. The minimum absolute atomic E-state index is 1.63. The van der Waals surface area contributed by atoms with Gasteiger partial charge in [-0.2, -0.15) is 0 Å². The van der Waals surface area contributed by atoms with Crippen molar-refractivity contribution in [3.63, 3.8) is 0 Å². The van der Waals surface area contributed by atoms with Crippen LogP contribution in [0.2, 0.25) is 39.3 Å². The summed E-state index contributed by atoms with van der Waals surface area (Å²) in [5, 5.41) is 0. The second-order valence-electron chi connectivity index (χ2n) is 5.80. The van der Waals surface area contributed by atoms with Gasteiger partial charge in [0.05, 0.1) is 0 Å². The number of hydrogen-bond donors (Lipinski definition) is 0. The molecule has 0 heterocycles. The molecule has 0 bridgehead atoms. The van der Waals surface area contributed by atoms with E-state index in [1.165, 1.54) is 0 Å². The van der Waals surface area contributed by atoms with E-state index < -0.39 is 30.5 Å². The van der Waals surface area contributed by atoms with Gasteiger partial charge in [0.15, 0.2) is 0 Å². The summed E-state index contributed by atoms with van der Waals surface area (Å²) in [6.45, 7) is 8.66. The Morgan fingerprint density at radius 3 is 0.882 bits per heavy atom. The Balaban J connectivity index is 5.88. The molecule has 3 nitrogen and oxygen atoms in total. The van der Waals surface area contributed by atoms with Gasteiger partial charge in [0, 0.05) is 21.3 Å². The lowest BCUT2D eigenvalue weighted by Crippen LogP contribution is -2.84. The zero-order valence-corrected chi connectivity index (χ0v) is 16.6. The highest BCUT2D eigenvalue weighted by Gasteiger charge is 2.73. The number of rotatable bonds is 6. The Morgan fingerprint density at radius 2 is 0.765 bits per heavy atom. The molecule has 0 atom stereocenters. The molecule has 0 amide bonds. The third kappa shape index (κ3) is 2.67. The van der Waals surface area contributed by atoms with Crippen molar-refractivity contribution >= 4 is 30.5 Å². The largest absolute Gasteiger partial charge is 0.420 e. The number of halogens is 1. The summed E-state index contributed by atoms with van der Waals surface area (Å²) in [7, 11) is -2.30. The molecule has 0 saturated carbocycles. The van der Waals surface area contributed by atoms with Crippen molar-refractivity contribution in [2.75, 3.05) is 21.3 Å². The van der Waals surface area contributed by atoms with E-state index in [4.69, 9.17) is 13.3 Å². The molecule has 17 heavy (non-hydrogen) atoms. The second kappa shape index (κ2) is 5.35. The van der Waals surface area contributed by atoms with Crippen molar-refractivity contribution < 1.29 is 17.4 Å². The monoisotopic (exact) mass is 314 g/mol. The van der Waals surface area contributed by atoms with Gasteiger partial charge in [-0.1, -0.05) is 0 Å². The fourth-order valence-electron chi connectivity index (χ4n) is 2.60. The Hall–Kier alpha value is 0.678. The Morgan fingerprint density at radius 1 is 0.588 bits per heavy atom. The second-order valence-corrected chi connectivity index (χ2v) is 38.9. The molecule has 0 N–H and O–H groups in total. The summed E-state index contributed by atoms with van der Waals surface area (Å²) < 4.78 is 32.9. The number of hydrogen-bond acceptors (Lipinski definition) is 3. The summed E-state index contributed by atoms with van der Waals surface area (Å²) in [5.74, 6) is 0. The Bertz CT molecular complexity index is 230. The van der Waals surface area contributed by atoms with Crippen LogP contribution in [0.1, 0.15) is 0 Å². The molecule has 0 aliphatic heterocycles. The van der Waals surface area contributed by atoms with Crippen LogP contribution in [0, 0.1) is 0 Å². The maximum Gasteiger partial charge on any atom is 0.298 e. The molecule has 0 aliphatic rings. The smallest absolute Gasteiger partial charge is 0.298 e. The first-order valence-electron chi connectivity index (χ1n) is 5.78. The third-order valence-corrected chi connectivity index (χ3v) is 61.3. The van der Waals surface area contributed by atoms with Crippen LogP contribution in [-0.2, 0) is 13.3 Å². The lowest BCUT2D eigenvalue weighted by molar-refractivity contribution is 0.394. The molecule has 0 radical (unpaired) electrons. The van der Waals surface area contributed by atoms with Gasteiger partial charge >= 0.3 is 0 Å². The summed E-state index contributed by atoms with van der Waals surface area (Å²) >= 11 is 0. The molecule has 0 aliphatic carbocycles. The van der Waals surface area contributed by atoms with E-state index in [1.54, 1.807) is 21.3 Å². The van der Waals surface area contributed by atoms with E-state index in [9.17, 15) is 0 Å². The molecular weight excluding hydrogens is 287 g/mol. The normalized spacial score (nSPS) is 15.2. The predicted octanol–water partition coefficient (Wildman–Crippen LogP) is 2.69. The van der Waals surface area contributed by atoms with E-state index in [2.05, 4.69) is 0 Å². The van der Waals surface area contributed by atoms with E-state index in [1.807, 2.05) is 39.3 Å². The topological polar surface area (TPSA) is 27.7 Å². The van der Waals surface area contributed by atoms with Crippen LogP contribution in [0.3, 0.4) is 0 Å². The Labute approximate surface area is 109 Å². The maximum atomic E-state index is 16.1. The first-order chi connectivity index (χ1) is 7.43. The van der Waals surface area contributed by atoms with Crippen molar-refractivity contribution in [3.8, 4) is 0 Å². The average Bonchev–Trinajstić information content (AvgIpc) is 2.27. The van der Waals surface area contributed by atoms with Crippen LogP contribution in [0.25, 0.3) is 0 Å². The highest BCUT2D eigenvalue weighted by Crippen LogP contribution is 2.38. The molecular formula is C9H27FO3Si4. The van der Waals surface area contributed by atoms with Crippen LogP contribution in [0.4, 0.5) is 4.11 Å². The van der Waals surface area contributed by atoms with Gasteiger partial charge in [-0.05, 0) is 39.3 Å². The van der Waals surface area contributed by atoms with E-state index in [0.29, 0.717) is 0 Å². The van der Waals surface area contributed by atoms with Crippen molar-refractivity contribution in [3.05, 3.63) is 0 Å². The first kappa shape index (κ1) is 17.7. The third-order valence-electron chi connectivity index (χ3n) is 4.02. The van der Waals surface area contributed by atoms with Gasteiger partial charge in [-0.3, -0.25) is 0 Å². The standard InChI is InChI=1S/C9H27FO3Si4/c1-11-14(4,5)17(10,15(6,7)12-2)16(8,9)13-3/h1-9H3. The van der Waals surface area contributed by atoms with E-state index in [0.717, 1.165) is 0 Å². The molecule has 0 aromatic carbocycles. The Kier molecular flexibility index (Phi) is 5.56. The first-order valence-corrected chi connectivity index (χ1v) is 19.4. The summed E-state index contributed by atoms with van der Waals surface area (Å²) in [6, 6.07) is 0. The molecule has 104 valence electrons. The van der Waals surface area contributed by atoms with Crippen molar-refractivity contribution in [1.82, 2.24) is 0 Å². The lowest BCUT2D eigenvalue weighted by Gasteiger charge is -2.49. The lowest BCUT2D eigenvalue weighted by atomic mass is 11.8. The van der Waals surface area contributed by atoms with Crippen LogP contribution < -0.4 is 0 Å². The minimum Gasteiger partial charge on any atom is -0.420 e. The molecule has 0 rings (SSSR count). The zero-order valence-electron chi connectivity index (χ0n) is 12.6. The summed E-state index contributed by atoms with van der Waals surface area (Å²) in [6.07, 6.45) is 0. The molecule has 0 aromatic rings. The van der Waals surface area contributed by atoms with Crippen LogP contribution in [-0.4, -0.2) is 51.8 Å².